The summed E-state index contributed by atoms with van der Waals surface area (Å²) >= 11 is 3.08. The molecule has 0 heterocycles. The van der Waals surface area contributed by atoms with Crippen LogP contribution >= 0.6 is 15.9 Å². The third-order valence-corrected chi connectivity index (χ3v) is 3.24. The molecule has 0 fully saturated rings. The number of carbonyl (C=O) groups excluding carboxylic acids is 1. The maximum absolute atomic E-state index is 13.2. The Morgan fingerprint density at radius 2 is 2.33 bits per heavy atom. The SMILES string of the molecule is C#CCNC(C)(C(=O)OC)c1ccc(F)c(Br)c1. The van der Waals surface area contributed by atoms with Crippen molar-refractivity contribution < 1.29 is 13.9 Å². The fourth-order valence-corrected chi connectivity index (χ4v) is 1.91. The highest BCUT2D eigenvalue weighted by atomic mass is 79.9. The molecule has 0 saturated carbocycles. The lowest BCUT2D eigenvalue weighted by Gasteiger charge is -2.28. The summed E-state index contributed by atoms with van der Waals surface area (Å²) in [6.07, 6.45) is 5.18. The molecule has 1 aromatic carbocycles. The molecule has 1 N–H and O–H groups in total. The van der Waals surface area contributed by atoms with E-state index in [2.05, 4.69) is 27.2 Å². The molecule has 1 unspecified atom stereocenters. The molecule has 0 aromatic heterocycles. The molecule has 18 heavy (non-hydrogen) atoms. The van der Waals surface area contributed by atoms with Gasteiger partial charge in [0, 0.05) is 0 Å². The molecule has 0 aliphatic carbocycles. The first kappa shape index (κ1) is 14.7. The number of esters is 1. The molecular formula is C13H13BrFNO2. The molecule has 1 aromatic rings. The summed E-state index contributed by atoms with van der Waals surface area (Å²) in [7, 11) is 1.29. The summed E-state index contributed by atoms with van der Waals surface area (Å²) in [5, 5.41) is 2.91. The zero-order chi connectivity index (χ0) is 13.8. The van der Waals surface area contributed by atoms with Gasteiger partial charge in [0.2, 0.25) is 0 Å². The Labute approximate surface area is 114 Å². The van der Waals surface area contributed by atoms with E-state index in [0.717, 1.165) is 0 Å². The van der Waals surface area contributed by atoms with E-state index < -0.39 is 17.3 Å². The van der Waals surface area contributed by atoms with Crippen LogP contribution in [0.4, 0.5) is 4.39 Å². The monoisotopic (exact) mass is 313 g/mol. The average molecular weight is 314 g/mol. The number of halogens is 2. The summed E-state index contributed by atoms with van der Waals surface area (Å²) in [5.41, 5.74) is -0.546. The molecule has 0 bridgehead atoms. The average Bonchev–Trinajstić information content (AvgIpc) is 2.38. The van der Waals surface area contributed by atoms with Crippen molar-refractivity contribution in [1.29, 1.82) is 0 Å². The number of methoxy groups -OCH3 is 1. The zero-order valence-electron chi connectivity index (χ0n) is 10.1. The molecule has 1 atom stereocenters. The zero-order valence-corrected chi connectivity index (χ0v) is 11.7. The smallest absolute Gasteiger partial charge is 0.330 e. The summed E-state index contributed by atoms with van der Waals surface area (Å²) in [5.74, 6) is 1.50. The quantitative estimate of drug-likeness (QED) is 0.684. The fraction of sp³-hybridized carbons (Fsp3) is 0.308. The number of hydrogen-bond acceptors (Lipinski definition) is 3. The van der Waals surface area contributed by atoms with E-state index in [1.165, 1.54) is 25.3 Å². The minimum absolute atomic E-state index is 0.195. The van der Waals surface area contributed by atoms with E-state index in [1.807, 2.05) is 0 Å². The second-order valence-corrected chi connectivity index (χ2v) is 4.66. The second kappa shape index (κ2) is 5.98. The van der Waals surface area contributed by atoms with E-state index in [9.17, 15) is 9.18 Å². The Morgan fingerprint density at radius 1 is 1.67 bits per heavy atom. The topological polar surface area (TPSA) is 38.3 Å². The van der Waals surface area contributed by atoms with Gasteiger partial charge in [-0.3, -0.25) is 5.32 Å². The number of terminal acetylenes is 1. The third kappa shape index (κ3) is 2.89. The number of ether oxygens (including phenoxy) is 1. The molecule has 0 radical (unpaired) electrons. The highest BCUT2D eigenvalue weighted by molar-refractivity contribution is 9.10. The van der Waals surface area contributed by atoms with Gasteiger partial charge in [0.15, 0.2) is 0 Å². The lowest BCUT2D eigenvalue weighted by molar-refractivity contribution is -0.148. The molecule has 0 spiro atoms. The van der Waals surface area contributed by atoms with Crippen molar-refractivity contribution in [2.24, 2.45) is 0 Å². The van der Waals surface area contributed by atoms with E-state index in [4.69, 9.17) is 11.2 Å². The van der Waals surface area contributed by atoms with Crippen LogP contribution < -0.4 is 5.32 Å². The summed E-state index contributed by atoms with van der Waals surface area (Å²) < 4.78 is 18.2. The summed E-state index contributed by atoms with van der Waals surface area (Å²) in [6.45, 7) is 1.83. The lowest BCUT2D eigenvalue weighted by Crippen LogP contribution is -2.47. The number of benzene rings is 1. The van der Waals surface area contributed by atoms with Gasteiger partial charge in [-0.2, -0.15) is 0 Å². The Balaban J connectivity index is 3.21. The van der Waals surface area contributed by atoms with Crippen LogP contribution in [0.1, 0.15) is 12.5 Å². The van der Waals surface area contributed by atoms with Crippen LogP contribution in [0.5, 0.6) is 0 Å². The Morgan fingerprint density at radius 3 is 2.83 bits per heavy atom. The van der Waals surface area contributed by atoms with Crippen molar-refractivity contribution >= 4 is 21.9 Å². The minimum Gasteiger partial charge on any atom is -0.467 e. The highest BCUT2D eigenvalue weighted by Gasteiger charge is 2.36. The van der Waals surface area contributed by atoms with Gasteiger partial charge >= 0.3 is 5.97 Å². The molecule has 1 rings (SSSR count). The first-order valence-corrected chi connectivity index (χ1v) is 5.97. The van der Waals surface area contributed by atoms with Gasteiger partial charge in [0.1, 0.15) is 11.4 Å². The van der Waals surface area contributed by atoms with E-state index in [-0.39, 0.29) is 11.0 Å². The standard InChI is InChI=1S/C13H13BrFNO2/c1-4-7-16-13(2,12(17)18-3)9-5-6-11(15)10(14)8-9/h1,5-6,8,16H,7H2,2-3H3. The normalized spacial score (nSPS) is 13.5. The van der Waals surface area contributed by atoms with Crippen molar-refractivity contribution in [3.05, 3.63) is 34.1 Å². The number of rotatable bonds is 4. The van der Waals surface area contributed by atoms with Crippen molar-refractivity contribution in [2.45, 2.75) is 12.5 Å². The molecule has 5 heteroatoms. The summed E-state index contributed by atoms with van der Waals surface area (Å²) in [4.78, 5) is 11.9. The van der Waals surface area contributed by atoms with Gasteiger partial charge in [-0.15, -0.1) is 6.42 Å². The van der Waals surface area contributed by atoms with Gasteiger partial charge in [0.05, 0.1) is 18.1 Å². The van der Waals surface area contributed by atoms with Crippen LogP contribution in [0.3, 0.4) is 0 Å². The first-order chi connectivity index (χ1) is 8.45. The Kier molecular flexibility index (Phi) is 4.88. The number of hydrogen-bond donors (Lipinski definition) is 1. The lowest BCUT2D eigenvalue weighted by atomic mass is 9.92. The predicted octanol–water partition coefficient (Wildman–Crippen LogP) is 2.20. The highest BCUT2D eigenvalue weighted by Crippen LogP contribution is 2.26. The maximum Gasteiger partial charge on any atom is 0.330 e. The van der Waals surface area contributed by atoms with Crippen molar-refractivity contribution in [3.63, 3.8) is 0 Å². The van der Waals surface area contributed by atoms with Crippen molar-refractivity contribution in [2.75, 3.05) is 13.7 Å². The molecule has 96 valence electrons. The molecule has 3 nitrogen and oxygen atoms in total. The first-order valence-electron chi connectivity index (χ1n) is 5.18. The summed E-state index contributed by atoms with van der Waals surface area (Å²) in [6, 6.07) is 4.31. The van der Waals surface area contributed by atoms with E-state index >= 15 is 0 Å². The second-order valence-electron chi connectivity index (χ2n) is 3.80. The van der Waals surface area contributed by atoms with Gasteiger partial charge < -0.3 is 4.74 Å². The van der Waals surface area contributed by atoms with Gasteiger partial charge in [0.25, 0.3) is 0 Å². The Hall–Kier alpha value is -1.38. The van der Waals surface area contributed by atoms with Gasteiger partial charge in [-0.05, 0) is 40.5 Å². The minimum atomic E-state index is -1.11. The van der Waals surface area contributed by atoms with Crippen LogP contribution in [0.2, 0.25) is 0 Å². The van der Waals surface area contributed by atoms with Crippen molar-refractivity contribution in [3.8, 4) is 12.3 Å². The molecule has 0 aliphatic heterocycles. The number of nitrogens with one attached hydrogen (secondary N) is 1. The van der Waals surface area contributed by atoms with E-state index in [0.29, 0.717) is 5.56 Å². The Bertz CT molecular complexity index is 498. The van der Waals surface area contributed by atoms with E-state index in [1.54, 1.807) is 6.92 Å². The van der Waals surface area contributed by atoms with Crippen LogP contribution in [-0.2, 0) is 15.1 Å². The van der Waals surface area contributed by atoms with Crippen LogP contribution in [-0.4, -0.2) is 19.6 Å². The molecule has 0 amide bonds. The van der Waals surface area contributed by atoms with Crippen molar-refractivity contribution in [1.82, 2.24) is 5.32 Å². The van der Waals surface area contributed by atoms with Crippen LogP contribution in [0, 0.1) is 18.2 Å². The molecule has 0 saturated heterocycles. The molecular weight excluding hydrogens is 301 g/mol. The fourth-order valence-electron chi connectivity index (χ4n) is 1.53. The van der Waals surface area contributed by atoms with Crippen LogP contribution in [0.15, 0.2) is 22.7 Å². The molecule has 0 aliphatic rings. The van der Waals surface area contributed by atoms with Gasteiger partial charge in [-0.1, -0.05) is 12.0 Å². The van der Waals surface area contributed by atoms with Crippen LogP contribution in [0.25, 0.3) is 0 Å². The number of carbonyl (C=O) groups is 1. The maximum atomic E-state index is 13.2. The third-order valence-electron chi connectivity index (χ3n) is 2.63. The predicted molar refractivity (Wildman–Crippen MR) is 70.3 cm³/mol. The van der Waals surface area contributed by atoms with Gasteiger partial charge in [-0.25, -0.2) is 9.18 Å². The largest absolute Gasteiger partial charge is 0.467 e.